The average Bonchev–Trinajstić information content (AvgIpc) is 2.07. The van der Waals surface area contributed by atoms with E-state index in [1.54, 1.807) is 12.1 Å². The molecule has 15 heavy (non-hydrogen) atoms. The van der Waals surface area contributed by atoms with Crippen LogP contribution in [0.3, 0.4) is 0 Å². The summed E-state index contributed by atoms with van der Waals surface area (Å²) in [6.07, 6.45) is 1.21. The highest BCUT2D eigenvalue weighted by Crippen LogP contribution is 2.24. The van der Waals surface area contributed by atoms with E-state index in [9.17, 15) is 8.42 Å². The van der Waals surface area contributed by atoms with Crippen LogP contribution in [-0.2, 0) is 9.84 Å². The summed E-state index contributed by atoms with van der Waals surface area (Å²) in [5, 5.41) is 3.02. The molecule has 0 saturated carbocycles. The van der Waals surface area contributed by atoms with E-state index in [2.05, 4.69) is 21.2 Å². The molecular weight excluding hydrogens is 280 g/mol. The summed E-state index contributed by atoms with van der Waals surface area (Å²) in [6.45, 7) is 0.390. The molecule has 4 nitrogen and oxygen atoms in total. The number of nitrogen functional groups attached to an aromatic ring is 1. The predicted octanol–water partition coefficient (Wildman–Crippen LogP) is 1.49. The molecule has 0 radical (unpaired) electrons. The van der Waals surface area contributed by atoms with E-state index >= 15 is 0 Å². The minimum atomic E-state index is -2.92. The van der Waals surface area contributed by atoms with E-state index in [0.29, 0.717) is 12.2 Å². The van der Waals surface area contributed by atoms with Gasteiger partial charge in [-0.25, -0.2) is 8.42 Å². The Morgan fingerprint density at radius 3 is 2.67 bits per heavy atom. The lowest BCUT2D eigenvalue weighted by atomic mass is 10.3. The number of hydrogen-bond donors (Lipinski definition) is 2. The molecule has 0 aliphatic carbocycles. The number of halogens is 1. The molecule has 0 aliphatic heterocycles. The summed E-state index contributed by atoms with van der Waals surface area (Å²) < 4.78 is 22.6. The summed E-state index contributed by atoms with van der Waals surface area (Å²) >= 11 is 3.34. The fraction of sp³-hybridized carbons (Fsp3) is 0.333. The maximum absolute atomic E-state index is 10.9. The molecule has 3 N–H and O–H groups in total. The van der Waals surface area contributed by atoms with Gasteiger partial charge in [-0.1, -0.05) is 0 Å². The van der Waals surface area contributed by atoms with Crippen molar-refractivity contribution >= 4 is 37.1 Å². The second-order valence-electron chi connectivity index (χ2n) is 3.30. The van der Waals surface area contributed by atoms with E-state index in [1.807, 2.05) is 6.07 Å². The SMILES string of the molecule is CS(=O)(=O)CCNc1ccc(N)cc1Br. The first kappa shape index (κ1) is 12.3. The lowest BCUT2D eigenvalue weighted by Gasteiger charge is -2.08. The van der Waals surface area contributed by atoms with Gasteiger partial charge in [0.25, 0.3) is 0 Å². The molecule has 0 fully saturated rings. The monoisotopic (exact) mass is 292 g/mol. The Bertz CT molecular complexity index is 445. The second-order valence-corrected chi connectivity index (χ2v) is 6.41. The Labute approximate surface area is 97.9 Å². The van der Waals surface area contributed by atoms with Crippen molar-refractivity contribution in [1.82, 2.24) is 0 Å². The van der Waals surface area contributed by atoms with Gasteiger partial charge in [0.05, 0.1) is 5.75 Å². The summed E-state index contributed by atoms with van der Waals surface area (Å²) in [5.74, 6) is 0.115. The second kappa shape index (κ2) is 4.85. The highest BCUT2D eigenvalue weighted by atomic mass is 79.9. The Hall–Kier alpha value is -0.750. The number of hydrogen-bond acceptors (Lipinski definition) is 4. The fourth-order valence-corrected chi connectivity index (χ4v) is 2.06. The molecule has 0 saturated heterocycles. The van der Waals surface area contributed by atoms with Gasteiger partial charge in [-0.3, -0.25) is 0 Å². The number of nitrogens with two attached hydrogens (primary N) is 1. The van der Waals surface area contributed by atoms with Gasteiger partial charge in [0.15, 0.2) is 0 Å². The minimum absolute atomic E-state index is 0.115. The molecule has 0 unspecified atom stereocenters. The number of sulfone groups is 1. The number of anilines is 2. The molecule has 1 aromatic rings. The molecular formula is C9H13BrN2O2S. The van der Waals surface area contributed by atoms with Crippen LogP contribution in [0.1, 0.15) is 0 Å². The van der Waals surface area contributed by atoms with Crippen LogP contribution in [0.2, 0.25) is 0 Å². The van der Waals surface area contributed by atoms with Crippen molar-refractivity contribution in [2.75, 3.05) is 29.6 Å². The van der Waals surface area contributed by atoms with Crippen molar-refractivity contribution in [3.63, 3.8) is 0 Å². The normalized spacial score (nSPS) is 11.3. The third-order valence-corrected chi connectivity index (χ3v) is 3.38. The van der Waals surface area contributed by atoms with Crippen LogP contribution in [0, 0.1) is 0 Å². The van der Waals surface area contributed by atoms with Crippen molar-refractivity contribution in [3.8, 4) is 0 Å². The predicted molar refractivity (Wildman–Crippen MR) is 66.8 cm³/mol. The van der Waals surface area contributed by atoms with Gasteiger partial charge < -0.3 is 11.1 Å². The van der Waals surface area contributed by atoms with Gasteiger partial charge in [0.1, 0.15) is 9.84 Å². The van der Waals surface area contributed by atoms with Gasteiger partial charge in [0, 0.05) is 28.6 Å². The van der Waals surface area contributed by atoms with Crippen LogP contribution >= 0.6 is 15.9 Å². The number of benzene rings is 1. The Morgan fingerprint density at radius 2 is 2.13 bits per heavy atom. The summed E-state index contributed by atoms with van der Waals surface area (Å²) in [4.78, 5) is 0. The molecule has 0 bridgehead atoms. The molecule has 0 aromatic heterocycles. The maximum Gasteiger partial charge on any atom is 0.149 e. The third-order valence-electron chi connectivity index (χ3n) is 1.78. The highest BCUT2D eigenvalue weighted by Gasteiger charge is 2.03. The molecule has 0 spiro atoms. The topological polar surface area (TPSA) is 72.2 Å². The lowest BCUT2D eigenvalue weighted by Crippen LogP contribution is -2.14. The number of nitrogens with one attached hydrogen (secondary N) is 1. The van der Waals surface area contributed by atoms with E-state index in [0.717, 1.165) is 10.2 Å². The van der Waals surface area contributed by atoms with Gasteiger partial charge in [0.2, 0.25) is 0 Å². The molecule has 6 heteroatoms. The summed E-state index contributed by atoms with van der Waals surface area (Å²) in [6, 6.07) is 5.33. The standard InChI is InChI=1S/C9H13BrN2O2S/c1-15(13,14)5-4-12-9-3-2-7(11)6-8(9)10/h2-3,6,12H,4-5,11H2,1H3. The fourth-order valence-electron chi connectivity index (χ4n) is 1.05. The Balaban J connectivity index is 2.59. The number of rotatable bonds is 4. The van der Waals surface area contributed by atoms with Gasteiger partial charge in [-0.2, -0.15) is 0 Å². The lowest BCUT2D eigenvalue weighted by molar-refractivity contribution is 0.602. The molecule has 0 aliphatic rings. The summed E-state index contributed by atoms with van der Waals surface area (Å²) in [5.41, 5.74) is 7.07. The van der Waals surface area contributed by atoms with E-state index in [4.69, 9.17) is 5.73 Å². The molecule has 1 aromatic carbocycles. The first-order valence-electron chi connectivity index (χ1n) is 4.35. The van der Waals surface area contributed by atoms with Crippen molar-refractivity contribution in [3.05, 3.63) is 22.7 Å². The van der Waals surface area contributed by atoms with Gasteiger partial charge >= 0.3 is 0 Å². The zero-order valence-electron chi connectivity index (χ0n) is 8.33. The summed E-state index contributed by atoms with van der Waals surface area (Å²) in [7, 11) is -2.92. The van der Waals surface area contributed by atoms with Crippen molar-refractivity contribution in [2.24, 2.45) is 0 Å². The van der Waals surface area contributed by atoms with Crippen LogP contribution in [0.4, 0.5) is 11.4 Å². The van der Waals surface area contributed by atoms with Gasteiger partial charge in [-0.05, 0) is 34.1 Å². The van der Waals surface area contributed by atoms with E-state index in [1.165, 1.54) is 6.26 Å². The van der Waals surface area contributed by atoms with Crippen LogP contribution in [0.5, 0.6) is 0 Å². The van der Waals surface area contributed by atoms with Crippen molar-refractivity contribution in [2.45, 2.75) is 0 Å². The van der Waals surface area contributed by atoms with Crippen LogP contribution < -0.4 is 11.1 Å². The zero-order chi connectivity index (χ0) is 11.5. The van der Waals surface area contributed by atoms with E-state index in [-0.39, 0.29) is 5.75 Å². The van der Waals surface area contributed by atoms with Crippen LogP contribution in [0.15, 0.2) is 22.7 Å². The van der Waals surface area contributed by atoms with Crippen molar-refractivity contribution < 1.29 is 8.42 Å². The van der Waals surface area contributed by atoms with Crippen LogP contribution in [0.25, 0.3) is 0 Å². The van der Waals surface area contributed by atoms with Crippen LogP contribution in [-0.4, -0.2) is 27.0 Å². The van der Waals surface area contributed by atoms with E-state index < -0.39 is 9.84 Å². The Morgan fingerprint density at radius 1 is 1.47 bits per heavy atom. The zero-order valence-corrected chi connectivity index (χ0v) is 10.7. The molecule has 0 atom stereocenters. The first-order chi connectivity index (χ1) is 6.88. The maximum atomic E-state index is 10.9. The minimum Gasteiger partial charge on any atom is -0.399 e. The molecule has 0 heterocycles. The smallest absolute Gasteiger partial charge is 0.149 e. The Kier molecular flexibility index (Phi) is 3.98. The third kappa shape index (κ3) is 4.53. The molecule has 1 rings (SSSR count). The van der Waals surface area contributed by atoms with Gasteiger partial charge in [-0.15, -0.1) is 0 Å². The quantitative estimate of drug-likeness (QED) is 0.825. The average molecular weight is 293 g/mol. The van der Waals surface area contributed by atoms with Crippen molar-refractivity contribution in [1.29, 1.82) is 0 Å². The largest absolute Gasteiger partial charge is 0.399 e. The molecule has 84 valence electrons. The highest BCUT2D eigenvalue weighted by molar-refractivity contribution is 9.10. The molecule has 0 amide bonds. The first-order valence-corrected chi connectivity index (χ1v) is 7.20.